The van der Waals surface area contributed by atoms with E-state index in [1.807, 2.05) is 59.5 Å². The summed E-state index contributed by atoms with van der Waals surface area (Å²) < 4.78 is 5.84. The average molecular weight is 364 g/mol. The molecule has 0 bridgehead atoms. The fraction of sp³-hybridized carbons (Fsp3) is 0.364. The minimum Gasteiger partial charge on any atom is -0.370 e. The van der Waals surface area contributed by atoms with Gasteiger partial charge in [0, 0.05) is 24.6 Å². The van der Waals surface area contributed by atoms with Crippen molar-refractivity contribution < 1.29 is 14.3 Å². The molecule has 140 valence electrons. The lowest BCUT2D eigenvalue weighted by atomic mass is 9.89. The molecule has 2 aromatic carbocycles. The van der Waals surface area contributed by atoms with Gasteiger partial charge in [-0.1, -0.05) is 48.5 Å². The lowest BCUT2D eigenvalue weighted by Gasteiger charge is -2.33. The number of carbonyl (C=O) groups is 2. The second-order valence-corrected chi connectivity index (χ2v) is 7.20. The number of hydrogen-bond donors (Lipinski definition) is 1. The topological polar surface area (TPSA) is 58.6 Å². The summed E-state index contributed by atoms with van der Waals surface area (Å²) in [6.45, 7) is 1.73. The van der Waals surface area contributed by atoms with E-state index in [1.54, 1.807) is 0 Å². The molecular weight excluding hydrogens is 340 g/mol. The number of nitrogens with one attached hydrogen (secondary N) is 1. The number of benzene rings is 2. The number of para-hydroxylation sites is 1. The fourth-order valence-corrected chi connectivity index (χ4v) is 3.85. The number of morpholine rings is 1. The summed E-state index contributed by atoms with van der Waals surface area (Å²) >= 11 is 0. The van der Waals surface area contributed by atoms with E-state index < -0.39 is 0 Å². The number of ether oxygens (including phenoxy) is 1. The van der Waals surface area contributed by atoms with Crippen LogP contribution in [0, 0.1) is 5.92 Å². The van der Waals surface area contributed by atoms with Gasteiger partial charge in [-0.25, -0.2) is 0 Å². The average Bonchev–Trinajstić information content (AvgIpc) is 2.72. The number of fused-ring (bicyclic) bond motifs is 1. The smallest absolute Gasteiger partial charge is 0.227 e. The molecule has 5 nitrogen and oxygen atoms in total. The standard InChI is InChI=1S/C22H24N2O3/c25-21(24-12-13-27-20(15-24)16-6-2-1-3-7-16)11-10-18-14-17-8-4-5-9-19(17)23-22(18)26/h1-9,18,20H,10-15H2,(H,23,26)/t18-,20-/m1/s1. The van der Waals surface area contributed by atoms with Crippen molar-refractivity contribution in [3.8, 4) is 0 Å². The highest BCUT2D eigenvalue weighted by atomic mass is 16.5. The summed E-state index contributed by atoms with van der Waals surface area (Å²) in [7, 11) is 0. The van der Waals surface area contributed by atoms with Crippen LogP contribution in [-0.2, 0) is 20.7 Å². The van der Waals surface area contributed by atoms with Crippen LogP contribution in [0.4, 0.5) is 5.69 Å². The van der Waals surface area contributed by atoms with Gasteiger partial charge in [0.05, 0.1) is 13.2 Å². The zero-order valence-electron chi connectivity index (χ0n) is 15.3. The van der Waals surface area contributed by atoms with E-state index in [9.17, 15) is 9.59 Å². The quantitative estimate of drug-likeness (QED) is 0.906. The molecule has 1 N–H and O–H groups in total. The van der Waals surface area contributed by atoms with Crippen molar-refractivity contribution in [1.29, 1.82) is 0 Å². The van der Waals surface area contributed by atoms with Crippen LogP contribution in [0.15, 0.2) is 54.6 Å². The van der Waals surface area contributed by atoms with Crippen molar-refractivity contribution in [2.24, 2.45) is 5.92 Å². The van der Waals surface area contributed by atoms with Crippen LogP contribution in [0.3, 0.4) is 0 Å². The van der Waals surface area contributed by atoms with Gasteiger partial charge in [-0.15, -0.1) is 0 Å². The number of hydrogen-bond acceptors (Lipinski definition) is 3. The second kappa shape index (κ2) is 7.92. The Hall–Kier alpha value is -2.66. The predicted octanol–water partition coefficient (Wildman–Crippen LogP) is 3.18. The third kappa shape index (κ3) is 4.03. The van der Waals surface area contributed by atoms with Crippen molar-refractivity contribution in [1.82, 2.24) is 4.90 Å². The fourth-order valence-electron chi connectivity index (χ4n) is 3.85. The molecule has 27 heavy (non-hydrogen) atoms. The van der Waals surface area contributed by atoms with E-state index in [0.717, 1.165) is 16.8 Å². The number of nitrogens with zero attached hydrogens (tertiary/aromatic N) is 1. The van der Waals surface area contributed by atoms with Crippen molar-refractivity contribution in [3.05, 3.63) is 65.7 Å². The largest absolute Gasteiger partial charge is 0.370 e. The molecule has 2 aliphatic heterocycles. The summed E-state index contributed by atoms with van der Waals surface area (Å²) in [4.78, 5) is 26.9. The molecule has 0 radical (unpaired) electrons. The minimum atomic E-state index is -0.144. The first kappa shape index (κ1) is 17.7. The van der Waals surface area contributed by atoms with Crippen LogP contribution in [0.1, 0.15) is 30.1 Å². The van der Waals surface area contributed by atoms with Crippen LogP contribution in [0.2, 0.25) is 0 Å². The van der Waals surface area contributed by atoms with Crippen LogP contribution in [0.5, 0.6) is 0 Å². The molecule has 4 rings (SSSR count). The Morgan fingerprint density at radius 2 is 1.89 bits per heavy atom. The molecule has 0 aromatic heterocycles. The summed E-state index contributed by atoms with van der Waals surface area (Å²) in [6, 6.07) is 17.9. The SMILES string of the molecule is O=C1Nc2ccccc2C[C@H]1CCC(=O)N1CCO[C@@H](c2ccccc2)C1. The van der Waals surface area contributed by atoms with Gasteiger partial charge in [0.2, 0.25) is 11.8 Å². The monoisotopic (exact) mass is 364 g/mol. The molecule has 2 aromatic rings. The van der Waals surface area contributed by atoms with Gasteiger partial charge in [-0.3, -0.25) is 9.59 Å². The van der Waals surface area contributed by atoms with Crippen molar-refractivity contribution in [2.45, 2.75) is 25.4 Å². The van der Waals surface area contributed by atoms with Gasteiger partial charge in [0.15, 0.2) is 0 Å². The van der Waals surface area contributed by atoms with E-state index in [0.29, 0.717) is 39.0 Å². The van der Waals surface area contributed by atoms with Crippen LogP contribution >= 0.6 is 0 Å². The summed E-state index contributed by atoms with van der Waals surface area (Å²) in [6.07, 6.45) is 1.59. The molecule has 0 aliphatic carbocycles. The van der Waals surface area contributed by atoms with Gasteiger partial charge >= 0.3 is 0 Å². The Morgan fingerprint density at radius 1 is 1.11 bits per heavy atom. The van der Waals surface area contributed by atoms with E-state index in [2.05, 4.69) is 5.32 Å². The van der Waals surface area contributed by atoms with Crippen LogP contribution in [0.25, 0.3) is 0 Å². The molecule has 0 unspecified atom stereocenters. The van der Waals surface area contributed by atoms with Crippen molar-refractivity contribution in [2.75, 3.05) is 25.0 Å². The first-order valence-corrected chi connectivity index (χ1v) is 9.54. The molecule has 0 spiro atoms. The van der Waals surface area contributed by atoms with Gasteiger partial charge in [-0.2, -0.15) is 0 Å². The Kier molecular flexibility index (Phi) is 5.21. The normalized spacial score (nSPS) is 22.1. The van der Waals surface area contributed by atoms with Crippen molar-refractivity contribution >= 4 is 17.5 Å². The predicted molar refractivity (Wildman–Crippen MR) is 103 cm³/mol. The van der Waals surface area contributed by atoms with E-state index in [4.69, 9.17) is 4.74 Å². The Labute approximate surface area is 159 Å². The second-order valence-electron chi connectivity index (χ2n) is 7.20. The molecule has 2 amide bonds. The van der Waals surface area contributed by atoms with Crippen molar-refractivity contribution in [3.63, 3.8) is 0 Å². The van der Waals surface area contributed by atoms with Gasteiger partial charge in [-0.05, 0) is 30.0 Å². The highest BCUT2D eigenvalue weighted by Crippen LogP contribution is 2.28. The van der Waals surface area contributed by atoms with Gasteiger partial charge in [0.1, 0.15) is 6.10 Å². The minimum absolute atomic E-state index is 0.0191. The highest BCUT2D eigenvalue weighted by molar-refractivity contribution is 5.96. The maximum atomic E-state index is 12.7. The first-order valence-electron chi connectivity index (χ1n) is 9.54. The molecular formula is C22H24N2O3. The van der Waals surface area contributed by atoms with Crippen LogP contribution < -0.4 is 5.32 Å². The molecule has 1 saturated heterocycles. The summed E-state index contributed by atoms with van der Waals surface area (Å²) in [5, 5.41) is 2.96. The van der Waals surface area contributed by atoms with E-state index in [-0.39, 0.29) is 23.8 Å². The molecule has 5 heteroatoms. The highest BCUT2D eigenvalue weighted by Gasteiger charge is 2.29. The summed E-state index contributed by atoms with van der Waals surface area (Å²) in [5.41, 5.74) is 3.13. The molecule has 2 heterocycles. The zero-order chi connectivity index (χ0) is 18.6. The lowest BCUT2D eigenvalue weighted by Crippen LogP contribution is -2.42. The number of carbonyl (C=O) groups excluding carboxylic acids is 2. The third-order valence-electron chi connectivity index (χ3n) is 5.41. The number of rotatable bonds is 4. The third-order valence-corrected chi connectivity index (χ3v) is 5.41. The zero-order valence-corrected chi connectivity index (χ0v) is 15.3. The summed E-state index contributed by atoms with van der Waals surface area (Å²) in [5.74, 6) is -0.0219. The first-order chi connectivity index (χ1) is 13.2. The number of amides is 2. The van der Waals surface area contributed by atoms with E-state index in [1.165, 1.54) is 0 Å². The van der Waals surface area contributed by atoms with Gasteiger partial charge in [0.25, 0.3) is 0 Å². The lowest BCUT2D eigenvalue weighted by molar-refractivity contribution is -0.139. The molecule has 2 aliphatic rings. The number of anilines is 1. The Morgan fingerprint density at radius 3 is 2.74 bits per heavy atom. The Bertz CT molecular complexity index is 821. The maximum absolute atomic E-state index is 12.7. The Balaban J connectivity index is 1.33. The van der Waals surface area contributed by atoms with E-state index >= 15 is 0 Å². The maximum Gasteiger partial charge on any atom is 0.227 e. The molecule has 0 saturated carbocycles. The molecule has 2 atom stereocenters. The molecule has 1 fully saturated rings. The van der Waals surface area contributed by atoms with Crippen LogP contribution in [-0.4, -0.2) is 36.4 Å². The van der Waals surface area contributed by atoms with Gasteiger partial charge < -0.3 is 15.0 Å².